The quantitative estimate of drug-likeness (QED) is 0.326. The minimum absolute atomic E-state index is 0.0288. The van der Waals surface area contributed by atoms with Crippen LogP contribution in [0, 0.1) is 24.6 Å². The number of hydrogen-bond acceptors (Lipinski definition) is 5. The minimum atomic E-state index is -5.01. The van der Waals surface area contributed by atoms with E-state index in [-0.39, 0.29) is 30.3 Å². The summed E-state index contributed by atoms with van der Waals surface area (Å²) in [6.45, 7) is 3.13. The standard InChI is InChI=1S/C30H28F7N3O3/c1-15-9-20(31)3-4-21(15)26-23-14-40(28(42)24-13-38-7-8-39-24)27(41)22(23)5-6-25(26)43-16(2)17-10-18(29(32,33)34)12-19(11-17)30(35,36)37/h3-4,7-13,16,22-23,25-27,41H,5-6,14H2,1-2H3/t16-,22+,23-,25+,26+,27?/m1/s1. The number of fused-ring (bicyclic) bond motifs is 1. The summed E-state index contributed by atoms with van der Waals surface area (Å²) in [5.41, 5.74) is -1.96. The maximum absolute atomic E-state index is 14.1. The number of aryl methyl sites for hydroxylation is 1. The molecule has 43 heavy (non-hydrogen) atoms. The van der Waals surface area contributed by atoms with Crippen LogP contribution >= 0.6 is 0 Å². The molecule has 2 heterocycles. The molecule has 6 nitrogen and oxygen atoms in total. The van der Waals surface area contributed by atoms with E-state index in [1.54, 1.807) is 13.0 Å². The van der Waals surface area contributed by atoms with Crippen molar-refractivity contribution in [2.45, 2.75) is 63.4 Å². The van der Waals surface area contributed by atoms with E-state index in [1.165, 1.54) is 42.5 Å². The molecular weight excluding hydrogens is 583 g/mol. The fraction of sp³-hybridized carbons (Fsp3) is 0.433. The highest BCUT2D eigenvalue weighted by Gasteiger charge is 2.52. The maximum Gasteiger partial charge on any atom is 0.416 e. The van der Waals surface area contributed by atoms with Crippen molar-refractivity contribution in [2.24, 2.45) is 11.8 Å². The second kappa shape index (κ2) is 11.5. The van der Waals surface area contributed by atoms with Gasteiger partial charge in [0.15, 0.2) is 0 Å². The zero-order valence-electron chi connectivity index (χ0n) is 23.0. The van der Waals surface area contributed by atoms with Crippen LogP contribution in [0.3, 0.4) is 0 Å². The fourth-order valence-electron chi connectivity index (χ4n) is 6.39. The van der Waals surface area contributed by atoms with E-state index in [4.69, 9.17) is 4.74 Å². The number of hydrogen-bond donors (Lipinski definition) is 1. The van der Waals surface area contributed by atoms with Gasteiger partial charge in [0.1, 0.15) is 17.7 Å². The van der Waals surface area contributed by atoms with E-state index >= 15 is 0 Å². The van der Waals surface area contributed by atoms with E-state index in [1.807, 2.05) is 0 Å². The number of carbonyl (C=O) groups is 1. The molecule has 1 amide bonds. The number of amides is 1. The summed E-state index contributed by atoms with van der Waals surface area (Å²) >= 11 is 0. The summed E-state index contributed by atoms with van der Waals surface area (Å²) < 4.78 is 101. The highest BCUT2D eigenvalue weighted by Crippen LogP contribution is 2.50. The van der Waals surface area contributed by atoms with E-state index in [0.717, 1.165) is 0 Å². The van der Waals surface area contributed by atoms with Crippen LogP contribution in [0.2, 0.25) is 0 Å². The Kier molecular flexibility index (Phi) is 8.25. The van der Waals surface area contributed by atoms with Crippen LogP contribution in [0.25, 0.3) is 0 Å². The minimum Gasteiger partial charge on any atom is -0.373 e. The van der Waals surface area contributed by atoms with Gasteiger partial charge < -0.3 is 14.7 Å². The van der Waals surface area contributed by atoms with Gasteiger partial charge in [-0.25, -0.2) is 9.37 Å². The van der Waals surface area contributed by atoms with Crippen molar-refractivity contribution in [3.05, 3.63) is 94.3 Å². The van der Waals surface area contributed by atoms with Gasteiger partial charge in [0, 0.05) is 30.8 Å². The zero-order chi connectivity index (χ0) is 31.3. The molecule has 1 saturated heterocycles. The SMILES string of the molecule is Cc1cc(F)ccc1[C@H]1[C@@H]2CN(C(=O)c3cnccn3)C(O)[C@H]2CC[C@@H]1O[C@H](C)c1cc(C(F)(F)F)cc(C(F)(F)F)c1. The number of rotatable bonds is 5. The third-order valence-electron chi connectivity index (χ3n) is 8.40. The molecule has 1 N–H and O–H groups in total. The molecule has 1 aliphatic heterocycles. The Bertz CT molecular complexity index is 1450. The maximum atomic E-state index is 14.1. The largest absolute Gasteiger partial charge is 0.416 e. The second-order valence-corrected chi connectivity index (χ2v) is 11.0. The molecule has 2 aliphatic rings. The number of nitrogens with zero attached hydrogens (tertiary/aromatic N) is 3. The molecule has 1 aromatic heterocycles. The number of likely N-dealkylation sites (tertiary alicyclic amines) is 1. The van der Waals surface area contributed by atoms with Gasteiger partial charge in [-0.3, -0.25) is 9.78 Å². The normalized spacial score (nSPS) is 25.0. The Morgan fingerprint density at radius 1 is 1.00 bits per heavy atom. The molecule has 5 rings (SSSR count). The van der Waals surface area contributed by atoms with Crippen molar-refractivity contribution in [1.29, 1.82) is 0 Å². The lowest BCUT2D eigenvalue weighted by molar-refractivity contribution is -0.143. The number of ether oxygens (including phenoxy) is 1. The third kappa shape index (κ3) is 6.23. The van der Waals surface area contributed by atoms with Crippen LogP contribution < -0.4 is 0 Å². The molecule has 1 saturated carbocycles. The van der Waals surface area contributed by atoms with Crippen molar-refractivity contribution in [3.8, 4) is 0 Å². The number of halogens is 7. The van der Waals surface area contributed by atoms with Gasteiger partial charge in [-0.15, -0.1) is 0 Å². The fourth-order valence-corrected chi connectivity index (χ4v) is 6.39. The first kappa shape index (κ1) is 30.9. The number of aliphatic hydroxyl groups excluding tert-OH is 1. The van der Waals surface area contributed by atoms with Gasteiger partial charge in [0.05, 0.1) is 29.5 Å². The third-order valence-corrected chi connectivity index (χ3v) is 8.40. The number of alkyl halides is 6. The molecular formula is C30H28F7N3O3. The lowest BCUT2D eigenvalue weighted by Gasteiger charge is -2.41. The van der Waals surface area contributed by atoms with Gasteiger partial charge >= 0.3 is 12.4 Å². The van der Waals surface area contributed by atoms with E-state index in [9.17, 15) is 40.6 Å². The molecule has 0 bridgehead atoms. The number of aliphatic hydroxyl groups is 1. The summed E-state index contributed by atoms with van der Waals surface area (Å²) in [4.78, 5) is 22.4. The predicted octanol–water partition coefficient (Wildman–Crippen LogP) is 6.69. The second-order valence-electron chi connectivity index (χ2n) is 11.0. The average molecular weight is 612 g/mol. The summed E-state index contributed by atoms with van der Waals surface area (Å²) in [5.74, 6) is -2.44. The molecule has 13 heteroatoms. The van der Waals surface area contributed by atoms with E-state index in [0.29, 0.717) is 29.7 Å². The molecule has 0 radical (unpaired) electrons. The molecule has 2 fully saturated rings. The summed E-state index contributed by atoms with van der Waals surface area (Å²) in [6, 6.07) is 5.48. The first-order valence-corrected chi connectivity index (χ1v) is 13.6. The average Bonchev–Trinajstić information content (AvgIpc) is 3.28. The van der Waals surface area contributed by atoms with Crippen molar-refractivity contribution in [2.75, 3.05) is 6.54 Å². The van der Waals surface area contributed by atoms with Crippen LogP contribution in [0.5, 0.6) is 0 Å². The molecule has 2 aromatic carbocycles. The van der Waals surface area contributed by atoms with Gasteiger partial charge in [0.25, 0.3) is 5.91 Å². The predicted molar refractivity (Wildman–Crippen MR) is 139 cm³/mol. The smallest absolute Gasteiger partial charge is 0.373 e. The van der Waals surface area contributed by atoms with Crippen LogP contribution in [0.1, 0.15) is 70.1 Å². The van der Waals surface area contributed by atoms with Gasteiger partial charge in [-0.1, -0.05) is 6.07 Å². The molecule has 0 spiro atoms. The monoisotopic (exact) mass is 611 g/mol. The Hall–Kier alpha value is -3.58. The number of benzene rings is 2. The van der Waals surface area contributed by atoms with Crippen molar-refractivity contribution < 1.29 is 45.4 Å². The summed E-state index contributed by atoms with van der Waals surface area (Å²) in [7, 11) is 0. The van der Waals surface area contributed by atoms with Crippen molar-refractivity contribution in [3.63, 3.8) is 0 Å². The van der Waals surface area contributed by atoms with Crippen LogP contribution in [0.4, 0.5) is 30.7 Å². The Morgan fingerprint density at radius 2 is 1.67 bits per heavy atom. The Morgan fingerprint density at radius 3 is 2.26 bits per heavy atom. The van der Waals surface area contributed by atoms with E-state index in [2.05, 4.69) is 9.97 Å². The Balaban J connectivity index is 1.50. The molecule has 230 valence electrons. The van der Waals surface area contributed by atoms with Crippen LogP contribution in [-0.2, 0) is 17.1 Å². The highest BCUT2D eigenvalue weighted by atomic mass is 19.4. The van der Waals surface area contributed by atoms with Crippen LogP contribution in [0.15, 0.2) is 55.0 Å². The van der Waals surface area contributed by atoms with Gasteiger partial charge in [-0.05, 0) is 79.6 Å². The van der Waals surface area contributed by atoms with Gasteiger partial charge in [0.2, 0.25) is 0 Å². The molecule has 3 aromatic rings. The zero-order valence-corrected chi connectivity index (χ0v) is 23.0. The highest BCUT2D eigenvalue weighted by molar-refractivity contribution is 5.92. The topological polar surface area (TPSA) is 75.6 Å². The Labute approximate surface area is 242 Å². The van der Waals surface area contributed by atoms with Crippen molar-refractivity contribution >= 4 is 5.91 Å². The molecule has 1 unspecified atom stereocenters. The first-order chi connectivity index (χ1) is 20.1. The van der Waals surface area contributed by atoms with Crippen molar-refractivity contribution in [1.82, 2.24) is 14.9 Å². The first-order valence-electron chi connectivity index (χ1n) is 13.6. The molecule has 6 atom stereocenters. The lowest BCUT2D eigenvalue weighted by Crippen LogP contribution is -2.40. The lowest BCUT2D eigenvalue weighted by atomic mass is 9.68. The molecule has 1 aliphatic carbocycles. The number of aromatic nitrogens is 2. The van der Waals surface area contributed by atoms with Crippen LogP contribution in [-0.4, -0.2) is 44.8 Å². The summed E-state index contributed by atoms with van der Waals surface area (Å²) in [5, 5.41) is 11.2. The summed E-state index contributed by atoms with van der Waals surface area (Å²) in [6.07, 6.45) is -8.47. The van der Waals surface area contributed by atoms with E-state index < -0.39 is 71.4 Å². The number of carbonyl (C=O) groups excluding carboxylic acids is 1. The van der Waals surface area contributed by atoms with Gasteiger partial charge in [-0.2, -0.15) is 26.3 Å².